The van der Waals surface area contributed by atoms with Gasteiger partial charge in [-0.15, -0.1) is 0 Å². The molecule has 1 aliphatic rings. The number of ether oxygens (including phenoxy) is 1. The van der Waals surface area contributed by atoms with Gasteiger partial charge in [0.15, 0.2) is 0 Å². The fourth-order valence-electron chi connectivity index (χ4n) is 2.78. The molecular weight excluding hydrogens is 276 g/mol. The Labute approximate surface area is 130 Å². The average Bonchev–Trinajstić information content (AvgIpc) is 2.48. The van der Waals surface area contributed by atoms with Crippen LogP contribution < -0.4 is 5.56 Å². The van der Waals surface area contributed by atoms with Gasteiger partial charge in [0, 0.05) is 5.56 Å². The first-order valence-corrected chi connectivity index (χ1v) is 7.88. The number of H-pyrrole nitrogens is 1. The smallest absolute Gasteiger partial charge is 0.267 e. The summed E-state index contributed by atoms with van der Waals surface area (Å²) in [6.07, 6.45) is 2.08. The van der Waals surface area contributed by atoms with Gasteiger partial charge in [0.05, 0.1) is 18.4 Å². The van der Waals surface area contributed by atoms with Crippen molar-refractivity contribution in [2.75, 3.05) is 0 Å². The maximum Gasteiger partial charge on any atom is 0.267 e. The first kappa shape index (κ1) is 15.0. The zero-order valence-electron chi connectivity index (χ0n) is 13.1. The van der Waals surface area contributed by atoms with Gasteiger partial charge < -0.3 is 4.74 Å². The van der Waals surface area contributed by atoms with Gasteiger partial charge in [0.1, 0.15) is 0 Å². The standard InChI is InChI=1S/C18H22N2O2/c1-12(2)17-10-16(18(21)20-19-17)14-8-15(9-14)22-11-13-6-4-3-5-7-13/h3-7,10,12,14-15H,8-9,11H2,1-2H3,(H,20,21). The molecule has 0 spiro atoms. The predicted octanol–water partition coefficient (Wildman–Crippen LogP) is 3.36. The van der Waals surface area contributed by atoms with Crippen LogP contribution in [-0.2, 0) is 11.3 Å². The molecule has 0 bridgehead atoms. The Morgan fingerprint density at radius 2 is 2.00 bits per heavy atom. The van der Waals surface area contributed by atoms with Crippen LogP contribution in [0.15, 0.2) is 41.2 Å². The Morgan fingerprint density at radius 1 is 1.27 bits per heavy atom. The van der Waals surface area contributed by atoms with Crippen molar-refractivity contribution < 1.29 is 4.74 Å². The van der Waals surface area contributed by atoms with Gasteiger partial charge in [-0.1, -0.05) is 44.2 Å². The number of benzene rings is 1. The summed E-state index contributed by atoms with van der Waals surface area (Å²) in [6.45, 7) is 4.80. The van der Waals surface area contributed by atoms with Crippen LogP contribution in [0.5, 0.6) is 0 Å². The van der Waals surface area contributed by atoms with E-state index in [9.17, 15) is 4.79 Å². The lowest BCUT2D eigenvalue weighted by Gasteiger charge is -2.35. The highest BCUT2D eigenvalue weighted by Crippen LogP contribution is 2.38. The second-order valence-electron chi connectivity index (χ2n) is 6.32. The van der Waals surface area contributed by atoms with Crippen molar-refractivity contribution in [1.82, 2.24) is 10.2 Å². The molecule has 22 heavy (non-hydrogen) atoms. The predicted molar refractivity (Wildman–Crippen MR) is 85.9 cm³/mol. The van der Waals surface area contributed by atoms with E-state index in [0.29, 0.717) is 18.4 Å². The van der Waals surface area contributed by atoms with E-state index < -0.39 is 0 Å². The molecule has 1 heterocycles. The second kappa shape index (κ2) is 6.44. The van der Waals surface area contributed by atoms with Gasteiger partial charge in [-0.2, -0.15) is 5.10 Å². The van der Waals surface area contributed by atoms with E-state index in [-0.39, 0.29) is 11.7 Å². The number of hydrogen-bond acceptors (Lipinski definition) is 3. The van der Waals surface area contributed by atoms with Gasteiger partial charge in [-0.05, 0) is 36.3 Å². The monoisotopic (exact) mass is 298 g/mol. The quantitative estimate of drug-likeness (QED) is 0.921. The molecule has 0 aliphatic heterocycles. The molecular formula is C18H22N2O2. The van der Waals surface area contributed by atoms with Crippen molar-refractivity contribution >= 4 is 0 Å². The van der Waals surface area contributed by atoms with E-state index in [4.69, 9.17) is 4.74 Å². The number of aromatic amines is 1. The summed E-state index contributed by atoms with van der Waals surface area (Å²) < 4.78 is 5.91. The lowest BCUT2D eigenvalue weighted by Crippen LogP contribution is -2.33. The molecule has 0 amide bonds. The van der Waals surface area contributed by atoms with Gasteiger partial charge in [-0.25, -0.2) is 5.10 Å². The molecule has 1 N–H and O–H groups in total. The highest BCUT2D eigenvalue weighted by molar-refractivity contribution is 5.22. The van der Waals surface area contributed by atoms with Crippen LogP contribution in [0, 0.1) is 0 Å². The van der Waals surface area contributed by atoms with Crippen LogP contribution >= 0.6 is 0 Å². The van der Waals surface area contributed by atoms with E-state index in [2.05, 4.69) is 36.2 Å². The molecule has 0 saturated heterocycles. The number of rotatable bonds is 5. The molecule has 0 atom stereocenters. The largest absolute Gasteiger partial charge is 0.373 e. The molecule has 0 radical (unpaired) electrons. The molecule has 3 rings (SSSR count). The number of nitrogens with one attached hydrogen (secondary N) is 1. The van der Waals surface area contributed by atoms with Crippen molar-refractivity contribution in [2.24, 2.45) is 0 Å². The van der Waals surface area contributed by atoms with Crippen LogP contribution in [-0.4, -0.2) is 16.3 Å². The number of aromatic nitrogens is 2. The summed E-state index contributed by atoms with van der Waals surface area (Å²) >= 11 is 0. The van der Waals surface area contributed by atoms with Gasteiger partial charge >= 0.3 is 0 Å². The van der Waals surface area contributed by atoms with Gasteiger partial charge in [0.25, 0.3) is 5.56 Å². The van der Waals surface area contributed by atoms with Crippen molar-refractivity contribution in [3.05, 3.63) is 63.6 Å². The summed E-state index contributed by atoms with van der Waals surface area (Å²) in [5.74, 6) is 0.617. The lowest BCUT2D eigenvalue weighted by atomic mass is 9.77. The summed E-state index contributed by atoms with van der Waals surface area (Å²) in [5, 5.41) is 6.73. The minimum absolute atomic E-state index is 0.0593. The Morgan fingerprint density at radius 3 is 2.68 bits per heavy atom. The lowest BCUT2D eigenvalue weighted by molar-refractivity contribution is -0.0210. The zero-order valence-corrected chi connectivity index (χ0v) is 13.1. The van der Waals surface area contributed by atoms with Crippen LogP contribution in [0.4, 0.5) is 0 Å². The highest BCUT2D eigenvalue weighted by atomic mass is 16.5. The van der Waals surface area contributed by atoms with E-state index in [1.165, 1.54) is 5.56 Å². The van der Waals surface area contributed by atoms with Crippen LogP contribution in [0.2, 0.25) is 0 Å². The average molecular weight is 298 g/mol. The minimum atomic E-state index is -0.0593. The van der Waals surface area contributed by atoms with E-state index >= 15 is 0 Å². The minimum Gasteiger partial charge on any atom is -0.373 e. The summed E-state index contributed by atoms with van der Waals surface area (Å²) in [4.78, 5) is 12.0. The molecule has 4 nitrogen and oxygen atoms in total. The molecule has 2 aromatic rings. The van der Waals surface area contributed by atoms with E-state index in [0.717, 1.165) is 24.1 Å². The van der Waals surface area contributed by atoms with Crippen molar-refractivity contribution in [3.8, 4) is 0 Å². The molecule has 4 heteroatoms. The van der Waals surface area contributed by atoms with Crippen LogP contribution in [0.3, 0.4) is 0 Å². The normalized spacial score (nSPS) is 20.9. The third-order valence-electron chi connectivity index (χ3n) is 4.31. The van der Waals surface area contributed by atoms with Crippen molar-refractivity contribution in [2.45, 2.75) is 51.2 Å². The Hall–Kier alpha value is -1.94. The van der Waals surface area contributed by atoms with E-state index in [1.807, 2.05) is 24.3 Å². The summed E-state index contributed by atoms with van der Waals surface area (Å²) in [7, 11) is 0. The van der Waals surface area contributed by atoms with Crippen molar-refractivity contribution in [1.29, 1.82) is 0 Å². The second-order valence-corrected chi connectivity index (χ2v) is 6.32. The summed E-state index contributed by atoms with van der Waals surface area (Å²) in [5.41, 5.74) is 2.94. The SMILES string of the molecule is CC(C)c1cc(C2CC(OCc3ccccc3)C2)c(=O)[nH]n1. The summed E-state index contributed by atoms with van der Waals surface area (Å²) in [6, 6.07) is 12.1. The fraction of sp³-hybridized carbons (Fsp3) is 0.444. The Balaban J connectivity index is 1.57. The maximum absolute atomic E-state index is 12.0. The third-order valence-corrected chi connectivity index (χ3v) is 4.31. The van der Waals surface area contributed by atoms with E-state index in [1.54, 1.807) is 0 Å². The molecule has 1 fully saturated rings. The number of nitrogens with zero attached hydrogens (tertiary/aromatic N) is 1. The zero-order chi connectivity index (χ0) is 15.5. The Kier molecular flexibility index (Phi) is 4.39. The van der Waals surface area contributed by atoms with Crippen LogP contribution in [0.25, 0.3) is 0 Å². The maximum atomic E-state index is 12.0. The van der Waals surface area contributed by atoms with Crippen LogP contribution in [0.1, 0.15) is 55.3 Å². The molecule has 1 saturated carbocycles. The number of hydrogen-bond donors (Lipinski definition) is 1. The topological polar surface area (TPSA) is 55.0 Å². The third kappa shape index (κ3) is 3.28. The Bertz CT molecular complexity index is 673. The van der Waals surface area contributed by atoms with Gasteiger partial charge in [0.2, 0.25) is 0 Å². The van der Waals surface area contributed by atoms with Crippen molar-refractivity contribution in [3.63, 3.8) is 0 Å². The first-order valence-electron chi connectivity index (χ1n) is 7.88. The highest BCUT2D eigenvalue weighted by Gasteiger charge is 2.33. The molecule has 1 aromatic heterocycles. The molecule has 0 unspecified atom stereocenters. The van der Waals surface area contributed by atoms with Gasteiger partial charge in [-0.3, -0.25) is 4.79 Å². The first-order chi connectivity index (χ1) is 10.6. The molecule has 116 valence electrons. The fourth-order valence-corrected chi connectivity index (χ4v) is 2.78. The molecule has 1 aromatic carbocycles. The molecule has 1 aliphatic carbocycles.